The van der Waals surface area contributed by atoms with Gasteiger partial charge in [-0.1, -0.05) is 0 Å². The van der Waals surface area contributed by atoms with E-state index >= 15 is 0 Å². The minimum atomic E-state index is 1.09. The molecule has 51 valence electrons. The topological polar surface area (TPSA) is 16.1 Å². The van der Waals surface area contributed by atoms with Crippen LogP contribution < -0.4 is 4.90 Å². The Kier molecular flexibility index (Phi) is 1.13. The molecule has 0 aromatic carbocycles. The first-order valence-electron chi connectivity index (χ1n) is 3.44. The van der Waals surface area contributed by atoms with Crippen molar-refractivity contribution in [3.05, 3.63) is 23.9 Å². The SMILES string of the molecule is CN1CCc2[c]ccnc21. The van der Waals surface area contributed by atoms with Gasteiger partial charge in [0.25, 0.3) is 0 Å². The highest BCUT2D eigenvalue weighted by molar-refractivity contribution is 5.49. The molecular weight excluding hydrogens is 124 g/mol. The molecule has 1 aromatic rings. The summed E-state index contributed by atoms with van der Waals surface area (Å²) < 4.78 is 0. The number of pyridine rings is 1. The van der Waals surface area contributed by atoms with Crippen molar-refractivity contribution in [3.63, 3.8) is 0 Å². The maximum Gasteiger partial charge on any atom is 0.132 e. The normalized spacial score (nSPS) is 15.5. The Hall–Kier alpha value is -1.05. The van der Waals surface area contributed by atoms with E-state index in [4.69, 9.17) is 0 Å². The van der Waals surface area contributed by atoms with E-state index in [0.717, 1.165) is 18.8 Å². The maximum atomic E-state index is 4.23. The van der Waals surface area contributed by atoms with Crippen LogP contribution >= 0.6 is 0 Å². The monoisotopic (exact) mass is 133 g/mol. The van der Waals surface area contributed by atoms with Gasteiger partial charge in [-0.3, -0.25) is 0 Å². The molecule has 0 saturated heterocycles. The van der Waals surface area contributed by atoms with Crippen LogP contribution in [0.5, 0.6) is 0 Å². The quantitative estimate of drug-likeness (QED) is 0.522. The van der Waals surface area contributed by atoms with Gasteiger partial charge in [-0.15, -0.1) is 0 Å². The molecule has 2 heterocycles. The second-order valence-corrected chi connectivity index (χ2v) is 2.56. The predicted molar refractivity (Wildman–Crippen MR) is 40.0 cm³/mol. The van der Waals surface area contributed by atoms with Crippen molar-refractivity contribution in [2.24, 2.45) is 0 Å². The summed E-state index contributed by atoms with van der Waals surface area (Å²) in [4.78, 5) is 6.39. The van der Waals surface area contributed by atoms with Crippen molar-refractivity contribution in [3.8, 4) is 0 Å². The Morgan fingerprint density at radius 3 is 3.40 bits per heavy atom. The molecule has 1 aromatic heterocycles. The third-order valence-corrected chi connectivity index (χ3v) is 1.86. The molecule has 0 atom stereocenters. The van der Waals surface area contributed by atoms with Crippen LogP contribution in [0.15, 0.2) is 12.3 Å². The highest BCUT2D eigenvalue weighted by Gasteiger charge is 2.15. The van der Waals surface area contributed by atoms with Gasteiger partial charge >= 0.3 is 0 Å². The number of nitrogens with zero attached hydrogens (tertiary/aromatic N) is 2. The van der Waals surface area contributed by atoms with Crippen molar-refractivity contribution in [2.75, 3.05) is 18.5 Å². The molecular formula is C8H9N2. The van der Waals surface area contributed by atoms with Crippen molar-refractivity contribution in [1.29, 1.82) is 0 Å². The lowest BCUT2D eigenvalue weighted by molar-refractivity contribution is 0.945. The summed E-state index contributed by atoms with van der Waals surface area (Å²) in [5, 5.41) is 0. The number of aromatic nitrogens is 1. The predicted octanol–water partition coefficient (Wildman–Crippen LogP) is 0.874. The third-order valence-electron chi connectivity index (χ3n) is 1.86. The molecule has 2 heteroatoms. The molecule has 0 spiro atoms. The fraction of sp³-hybridized carbons (Fsp3) is 0.375. The Bertz CT molecular complexity index is 245. The number of hydrogen-bond donors (Lipinski definition) is 0. The summed E-state index contributed by atoms with van der Waals surface area (Å²) in [6, 6.07) is 5.05. The highest BCUT2D eigenvalue weighted by atomic mass is 15.2. The fourth-order valence-electron chi connectivity index (χ4n) is 1.29. The average Bonchev–Trinajstić information content (AvgIpc) is 2.34. The molecule has 0 fully saturated rings. The standard InChI is InChI=1S/C8H9N2/c1-10-6-4-7-3-2-5-9-8(7)10/h2,5H,4,6H2,1H3. The van der Waals surface area contributed by atoms with Crippen LogP contribution in [0.2, 0.25) is 0 Å². The summed E-state index contributed by atoms with van der Waals surface area (Å²) in [5.41, 5.74) is 1.25. The van der Waals surface area contributed by atoms with Crippen LogP contribution in [0.25, 0.3) is 0 Å². The van der Waals surface area contributed by atoms with E-state index in [1.807, 2.05) is 6.07 Å². The van der Waals surface area contributed by atoms with Gasteiger partial charge in [0.05, 0.1) is 0 Å². The molecule has 0 aliphatic carbocycles. The van der Waals surface area contributed by atoms with Gasteiger partial charge in [0, 0.05) is 25.4 Å². The van der Waals surface area contributed by atoms with Crippen LogP contribution in [0, 0.1) is 6.07 Å². The van der Waals surface area contributed by atoms with Crippen molar-refractivity contribution >= 4 is 5.82 Å². The number of likely N-dealkylation sites (N-methyl/N-ethyl adjacent to an activating group) is 1. The molecule has 0 amide bonds. The minimum absolute atomic E-state index is 1.09. The van der Waals surface area contributed by atoms with E-state index in [9.17, 15) is 0 Å². The largest absolute Gasteiger partial charge is 0.359 e. The number of fused-ring (bicyclic) bond motifs is 1. The van der Waals surface area contributed by atoms with Crippen LogP contribution in [-0.4, -0.2) is 18.6 Å². The Morgan fingerprint density at radius 2 is 2.60 bits per heavy atom. The molecule has 0 saturated carbocycles. The zero-order valence-corrected chi connectivity index (χ0v) is 5.96. The summed E-state index contributed by atoms with van der Waals surface area (Å²) in [6.07, 6.45) is 2.89. The second-order valence-electron chi connectivity index (χ2n) is 2.56. The molecule has 0 N–H and O–H groups in total. The summed E-state index contributed by atoms with van der Waals surface area (Å²) in [6.45, 7) is 1.09. The first kappa shape index (κ1) is 5.71. The van der Waals surface area contributed by atoms with Gasteiger partial charge in [-0.2, -0.15) is 0 Å². The lowest BCUT2D eigenvalue weighted by Gasteiger charge is -2.08. The van der Waals surface area contributed by atoms with Gasteiger partial charge < -0.3 is 4.90 Å². The highest BCUT2D eigenvalue weighted by Crippen LogP contribution is 2.21. The molecule has 1 aliphatic heterocycles. The van der Waals surface area contributed by atoms with Crippen molar-refractivity contribution in [2.45, 2.75) is 6.42 Å². The first-order valence-corrected chi connectivity index (χ1v) is 3.44. The minimum Gasteiger partial charge on any atom is -0.359 e. The van der Waals surface area contributed by atoms with E-state index in [-0.39, 0.29) is 0 Å². The van der Waals surface area contributed by atoms with Crippen LogP contribution in [-0.2, 0) is 6.42 Å². The molecule has 10 heavy (non-hydrogen) atoms. The number of hydrogen-bond acceptors (Lipinski definition) is 2. The van der Waals surface area contributed by atoms with E-state index in [1.165, 1.54) is 5.56 Å². The van der Waals surface area contributed by atoms with Crippen molar-refractivity contribution in [1.82, 2.24) is 4.98 Å². The van der Waals surface area contributed by atoms with E-state index in [2.05, 4.69) is 23.0 Å². The fourth-order valence-corrected chi connectivity index (χ4v) is 1.29. The molecule has 2 nitrogen and oxygen atoms in total. The second kappa shape index (κ2) is 1.97. The Morgan fingerprint density at radius 1 is 1.70 bits per heavy atom. The van der Waals surface area contributed by atoms with Gasteiger partial charge in [-0.25, -0.2) is 4.98 Å². The zero-order valence-electron chi connectivity index (χ0n) is 5.96. The molecule has 0 bridgehead atoms. The smallest absolute Gasteiger partial charge is 0.132 e. The van der Waals surface area contributed by atoms with Gasteiger partial charge in [0.15, 0.2) is 0 Å². The maximum absolute atomic E-state index is 4.23. The van der Waals surface area contributed by atoms with Gasteiger partial charge in [-0.05, 0) is 18.6 Å². The summed E-state index contributed by atoms with van der Waals surface area (Å²) in [7, 11) is 2.06. The van der Waals surface area contributed by atoms with Crippen molar-refractivity contribution < 1.29 is 0 Å². The molecule has 1 radical (unpaired) electrons. The molecule has 0 unspecified atom stereocenters. The van der Waals surface area contributed by atoms with E-state index < -0.39 is 0 Å². The lowest BCUT2D eigenvalue weighted by Crippen LogP contribution is -2.13. The van der Waals surface area contributed by atoms with Gasteiger partial charge in [0.1, 0.15) is 5.82 Å². The third kappa shape index (κ3) is 0.685. The molecule has 2 rings (SSSR count). The van der Waals surface area contributed by atoms with Crippen LogP contribution in [0.1, 0.15) is 5.56 Å². The van der Waals surface area contributed by atoms with Crippen LogP contribution in [0.3, 0.4) is 0 Å². The lowest BCUT2D eigenvalue weighted by atomic mass is 10.2. The number of anilines is 1. The summed E-state index contributed by atoms with van der Waals surface area (Å²) in [5.74, 6) is 1.10. The summed E-state index contributed by atoms with van der Waals surface area (Å²) >= 11 is 0. The van der Waals surface area contributed by atoms with E-state index in [0.29, 0.717) is 0 Å². The number of rotatable bonds is 0. The average molecular weight is 133 g/mol. The molecule has 1 aliphatic rings. The Balaban J connectivity index is 2.51. The van der Waals surface area contributed by atoms with Crippen LogP contribution in [0.4, 0.5) is 5.82 Å². The Labute approximate surface area is 60.5 Å². The zero-order chi connectivity index (χ0) is 6.97. The van der Waals surface area contributed by atoms with Gasteiger partial charge in [0.2, 0.25) is 0 Å². The first-order chi connectivity index (χ1) is 4.88. The van der Waals surface area contributed by atoms with E-state index in [1.54, 1.807) is 6.20 Å².